The van der Waals surface area contributed by atoms with Gasteiger partial charge < -0.3 is 15.0 Å². The van der Waals surface area contributed by atoms with Gasteiger partial charge >= 0.3 is 6.18 Å². The summed E-state index contributed by atoms with van der Waals surface area (Å²) in [6.07, 6.45) is -5.22. The number of nitrogens with one attached hydrogen (secondary N) is 2. The lowest BCUT2D eigenvalue weighted by Gasteiger charge is -2.41. The summed E-state index contributed by atoms with van der Waals surface area (Å²) in [4.78, 5) is 18.8. The van der Waals surface area contributed by atoms with Gasteiger partial charge in [-0.25, -0.2) is 4.98 Å². The third-order valence-electron chi connectivity index (χ3n) is 4.26. The Kier molecular flexibility index (Phi) is 4.52. The summed E-state index contributed by atoms with van der Waals surface area (Å²) >= 11 is 5.98. The molecular formula is C17H17ClF3N3O2. The van der Waals surface area contributed by atoms with Crippen molar-refractivity contribution in [3.63, 3.8) is 0 Å². The van der Waals surface area contributed by atoms with Gasteiger partial charge in [0.1, 0.15) is 11.5 Å². The lowest BCUT2D eigenvalue weighted by molar-refractivity contribution is -0.196. The number of aromatic amines is 1. The van der Waals surface area contributed by atoms with Crippen LogP contribution in [0.1, 0.15) is 30.9 Å². The van der Waals surface area contributed by atoms with Crippen LogP contribution in [0.15, 0.2) is 23.0 Å². The number of halogens is 4. The number of hydrogen-bond acceptors (Lipinski definition) is 4. The molecule has 140 valence electrons. The molecule has 1 unspecified atom stereocenters. The fourth-order valence-corrected chi connectivity index (χ4v) is 3.23. The zero-order chi connectivity index (χ0) is 19.3. The second-order valence-electron chi connectivity index (χ2n) is 6.45. The quantitative estimate of drug-likeness (QED) is 0.833. The molecule has 0 bridgehead atoms. The average Bonchev–Trinajstić information content (AvgIpc) is 2.51. The Morgan fingerprint density at radius 1 is 1.35 bits per heavy atom. The van der Waals surface area contributed by atoms with E-state index in [0.717, 1.165) is 0 Å². The molecule has 26 heavy (non-hydrogen) atoms. The first-order valence-corrected chi connectivity index (χ1v) is 8.31. The molecule has 1 aliphatic heterocycles. The van der Waals surface area contributed by atoms with E-state index >= 15 is 0 Å². The van der Waals surface area contributed by atoms with E-state index in [-0.39, 0.29) is 27.8 Å². The number of hydrogen-bond donors (Lipinski definition) is 2. The Labute approximate surface area is 152 Å². The highest BCUT2D eigenvalue weighted by atomic mass is 35.5. The molecule has 0 saturated carbocycles. The highest BCUT2D eigenvalue weighted by molar-refractivity contribution is 6.30. The fourth-order valence-electron chi connectivity index (χ4n) is 3.06. The van der Waals surface area contributed by atoms with Crippen LogP contribution in [0.5, 0.6) is 0 Å². The van der Waals surface area contributed by atoms with Crippen LogP contribution in [-0.2, 0) is 10.2 Å². The van der Waals surface area contributed by atoms with Crippen LogP contribution in [0.4, 0.5) is 24.5 Å². The van der Waals surface area contributed by atoms with Gasteiger partial charge in [-0.15, -0.1) is 0 Å². The number of ether oxygens (including phenoxy) is 1. The average molecular weight is 388 g/mol. The Balaban J connectivity index is 2.40. The normalized spacial score (nSPS) is 19.1. The van der Waals surface area contributed by atoms with Crippen LogP contribution >= 0.6 is 11.6 Å². The molecule has 0 spiro atoms. The maximum atomic E-state index is 14.5. The Hall–Kier alpha value is -2.06. The van der Waals surface area contributed by atoms with E-state index in [0.29, 0.717) is 0 Å². The maximum absolute atomic E-state index is 14.5. The van der Waals surface area contributed by atoms with E-state index in [2.05, 4.69) is 15.3 Å². The third kappa shape index (κ3) is 2.87. The van der Waals surface area contributed by atoms with Gasteiger partial charge in [0.15, 0.2) is 5.41 Å². The summed E-state index contributed by atoms with van der Waals surface area (Å²) < 4.78 is 48.9. The summed E-state index contributed by atoms with van der Waals surface area (Å²) in [5, 5.41) is 2.90. The number of alkyl halides is 3. The van der Waals surface area contributed by atoms with Crippen LogP contribution in [0.25, 0.3) is 0 Å². The highest BCUT2D eigenvalue weighted by Crippen LogP contribution is 2.53. The summed E-state index contributed by atoms with van der Waals surface area (Å²) in [7, 11) is 0. The molecule has 9 heteroatoms. The first kappa shape index (κ1) is 18.7. The number of H-pyrrole nitrogens is 1. The van der Waals surface area contributed by atoms with Crippen molar-refractivity contribution in [1.29, 1.82) is 0 Å². The molecule has 0 fully saturated rings. The molecule has 2 N–H and O–H groups in total. The van der Waals surface area contributed by atoms with Crippen LogP contribution in [0, 0.1) is 6.92 Å². The Bertz CT molecular complexity index is 911. The number of aryl methyl sites for hydroxylation is 1. The maximum Gasteiger partial charge on any atom is 0.406 e. The second-order valence-corrected chi connectivity index (χ2v) is 6.89. The molecule has 1 atom stereocenters. The predicted octanol–water partition coefficient (Wildman–Crippen LogP) is 4.06. The largest absolute Gasteiger partial charge is 0.406 e. The number of benzene rings is 1. The zero-order valence-corrected chi connectivity index (χ0v) is 15.0. The van der Waals surface area contributed by atoms with Gasteiger partial charge in [0, 0.05) is 16.3 Å². The molecule has 1 aromatic heterocycles. The van der Waals surface area contributed by atoms with E-state index in [4.69, 9.17) is 16.3 Å². The Morgan fingerprint density at radius 3 is 2.65 bits per heavy atom. The van der Waals surface area contributed by atoms with E-state index in [1.165, 1.54) is 25.1 Å². The summed E-state index contributed by atoms with van der Waals surface area (Å²) in [6.45, 7) is 3.99. The lowest BCUT2D eigenvalue weighted by atomic mass is 9.73. The molecule has 2 aromatic rings. The zero-order valence-electron chi connectivity index (χ0n) is 14.3. The molecule has 0 amide bonds. The fraction of sp³-hybridized carbons (Fsp3) is 0.412. The van der Waals surface area contributed by atoms with Crippen LogP contribution < -0.4 is 10.9 Å². The van der Waals surface area contributed by atoms with Crippen molar-refractivity contribution < 1.29 is 17.9 Å². The van der Waals surface area contributed by atoms with Gasteiger partial charge in [0.2, 0.25) is 0 Å². The topological polar surface area (TPSA) is 67.0 Å². The summed E-state index contributed by atoms with van der Waals surface area (Å²) in [5.41, 5.74) is -3.93. The molecule has 0 radical (unpaired) electrons. The molecule has 0 aliphatic carbocycles. The number of fused-ring (bicyclic) bond motifs is 2. The molecular weight excluding hydrogens is 371 g/mol. The van der Waals surface area contributed by atoms with Crippen molar-refractivity contribution in [2.45, 2.75) is 38.5 Å². The van der Waals surface area contributed by atoms with Gasteiger partial charge in [0.05, 0.1) is 18.4 Å². The first-order chi connectivity index (χ1) is 12.1. The van der Waals surface area contributed by atoms with Crippen molar-refractivity contribution in [3.8, 4) is 0 Å². The minimum atomic E-state index is -4.77. The van der Waals surface area contributed by atoms with Crippen molar-refractivity contribution in [2.75, 3.05) is 11.9 Å². The SMILES string of the molecule is Cc1nc2c(c(=O)[nH]1)Nc1ccc(Cl)cc1C2(COC(C)C)C(F)(F)F. The number of anilines is 2. The molecule has 1 aliphatic rings. The molecule has 2 heterocycles. The predicted molar refractivity (Wildman–Crippen MR) is 92.3 cm³/mol. The molecule has 0 saturated heterocycles. The van der Waals surface area contributed by atoms with Crippen LogP contribution in [-0.4, -0.2) is 28.9 Å². The van der Waals surface area contributed by atoms with E-state index < -0.39 is 35.6 Å². The second kappa shape index (κ2) is 6.28. The first-order valence-electron chi connectivity index (χ1n) is 7.93. The molecule has 3 rings (SSSR count). The number of nitrogens with zero attached hydrogens (tertiary/aromatic N) is 1. The summed E-state index contributed by atoms with van der Waals surface area (Å²) in [6, 6.07) is 4.11. The smallest absolute Gasteiger partial charge is 0.377 e. The van der Waals surface area contributed by atoms with Crippen molar-refractivity contribution in [2.24, 2.45) is 0 Å². The van der Waals surface area contributed by atoms with Crippen LogP contribution in [0.2, 0.25) is 5.02 Å². The van der Waals surface area contributed by atoms with Crippen molar-refractivity contribution >= 4 is 23.0 Å². The minimum absolute atomic E-state index is 0.0826. The van der Waals surface area contributed by atoms with E-state index in [9.17, 15) is 18.0 Å². The van der Waals surface area contributed by atoms with Gasteiger partial charge in [-0.1, -0.05) is 11.6 Å². The van der Waals surface area contributed by atoms with Crippen LogP contribution in [0.3, 0.4) is 0 Å². The van der Waals surface area contributed by atoms with E-state index in [1.54, 1.807) is 13.8 Å². The minimum Gasteiger partial charge on any atom is -0.377 e. The lowest BCUT2D eigenvalue weighted by Crippen LogP contribution is -2.51. The summed E-state index contributed by atoms with van der Waals surface area (Å²) in [5.74, 6) is 0.0826. The van der Waals surface area contributed by atoms with Gasteiger partial charge in [-0.3, -0.25) is 4.79 Å². The molecule has 1 aromatic carbocycles. The van der Waals surface area contributed by atoms with Crippen molar-refractivity contribution in [1.82, 2.24) is 9.97 Å². The number of aromatic nitrogens is 2. The monoisotopic (exact) mass is 387 g/mol. The van der Waals surface area contributed by atoms with Gasteiger partial charge in [-0.05, 0) is 39.0 Å². The third-order valence-corrected chi connectivity index (χ3v) is 4.50. The Morgan fingerprint density at radius 2 is 2.04 bits per heavy atom. The highest BCUT2D eigenvalue weighted by Gasteiger charge is 2.62. The van der Waals surface area contributed by atoms with E-state index in [1.807, 2.05) is 0 Å². The number of rotatable bonds is 3. The standard InChI is InChI=1S/C17H17ClF3N3O2/c1-8(2)26-7-16(17(19,20)21)11-6-10(18)4-5-12(11)24-13-14(16)22-9(3)23-15(13)25/h4-6,8,24H,7H2,1-3H3,(H,22,23,25). The van der Waals surface area contributed by atoms with Gasteiger partial charge in [0.25, 0.3) is 5.56 Å². The van der Waals surface area contributed by atoms with Crippen molar-refractivity contribution in [3.05, 3.63) is 50.7 Å². The van der Waals surface area contributed by atoms with Gasteiger partial charge in [-0.2, -0.15) is 13.2 Å². The molecule has 5 nitrogen and oxygen atoms in total.